The zero-order valence-corrected chi connectivity index (χ0v) is 11.0. The van der Waals surface area contributed by atoms with Gasteiger partial charge in [-0.25, -0.2) is 0 Å². The van der Waals surface area contributed by atoms with E-state index in [2.05, 4.69) is 25.6 Å². The van der Waals surface area contributed by atoms with Crippen LogP contribution in [-0.2, 0) is 8.85 Å². The first-order chi connectivity index (χ1) is 6.74. The maximum atomic E-state index is 5.84. The van der Waals surface area contributed by atoms with Gasteiger partial charge in [-0.15, -0.1) is 0 Å². The second-order valence-electron chi connectivity index (χ2n) is 3.24. The van der Waals surface area contributed by atoms with Gasteiger partial charge in [0.2, 0.25) is 0 Å². The molecule has 0 aliphatic rings. The Kier molecular flexibility index (Phi) is 8.13. The summed E-state index contributed by atoms with van der Waals surface area (Å²) in [5.41, 5.74) is 2.20. The van der Waals surface area contributed by atoms with E-state index in [0.717, 1.165) is 32.1 Å². The van der Waals surface area contributed by atoms with Crippen LogP contribution < -0.4 is 0 Å². The van der Waals surface area contributed by atoms with Gasteiger partial charge in [-0.1, -0.05) is 26.3 Å². The van der Waals surface area contributed by atoms with Gasteiger partial charge in [0.15, 0.2) is 0 Å². The second kappa shape index (κ2) is 8.21. The molecule has 0 aliphatic carbocycles. The third kappa shape index (κ3) is 4.93. The maximum absolute atomic E-state index is 5.84. The van der Waals surface area contributed by atoms with Gasteiger partial charge in [0.25, 0.3) is 0 Å². The van der Waals surface area contributed by atoms with Crippen LogP contribution in [0.4, 0.5) is 0 Å². The number of rotatable bonds is 8. The summed E-state index contributed by atoms with van der Waals surface area (Å²) in [6, 6.07) is 1.06. The normalized spacial score (nSPS) is 12.6. The molecule has 0 aromatic heterocycles. The second-order valence-corrected chi connectivity index (χ2v) is 6.27. The van der Waals surface area contributed by atoms with Crippen molar-refractivity contribution >= 4 is 8.56 Å². The molecular formula is C11H24O2Si. The van der Waals surface area contributed by atoms with Crippen LogP contribution in [-0.4, -0.2) is 21.8 Å². The van der Waals surface area contributed by atoms with E-state index in [1.807, 2.05) is 13.8 Å². The Labute approximate surface area is 89.6 Å². The van der Waals surface area contributed by atoms with Crippen molar-refractivity contribution in [2.45, 2.75) is 46.6 Å². The van der Waals surface area contributed by atoms with Gasteiger partial charge < -0.3 is 8.85 Å². The zero-order valence-electron chi connectivity index (χ0n) is 10.0. The van der Waals surface area contributed by atoms with Crippen molar-refractivity contribution in [1.82, 2.24) is 0 Å². The Morgan fingerprint density at radius 1 is 1.00 bits per heavy atom. The molecule has 0 aromatic carbocycles. The first-order valence-electron chi connectivity index (χ1n) is 5.70. The standard InChI is InChI=1S/C11H24O2Si/c1-5-9-11-14(10-6-2,12-7-3)13-8-4/h9,11H,5-8,10H2,1-4H3. The third-order valence-corrected chi connectivity index (χ3v) is 5.48. The van der Waals surface area contributed by atoms with Crippen LogP contribution in [0.15, 0.2) is 11.8 Å². The van der Waals surface area contributed by atoms with E-state index >= 15 is 0 Å². The van der Waals surface area contributed by atoms with Gasteiger partial charge in [0.1, 0.15) is 0 Å². The van der Waals surface area contributed by atoms with Gasteiger partial charge in [-0.2, -0.15) is 0 Å². The summed E-state index contributed by atoms with van der Waals surface area (Å²) in [5.74, 6) is 0. The first kappa shape index (κ1) is 13.9. The lowest BCUT2D eigenvalue weighted by atomic mass is 10.5. The Bertz CT molecular complexity index is 140. The van der Waals surface area contributed by atoms with E-state index in [0.29, 0.717) is 0 Å². The van der Waals surface area contributed by atoms with E-state index in [-0.39, 0.29) is 0 Å². The highest BCUT2D eigenvalue weighted by atomic mass is 28.4. The molecule has 0 saturated carbocycles. The number of hydrogen-bond acceptors (Lipinski definition) is 2. The van der Waals surface area contributed by atoms with Crippen LogP contribution in [0.1, 0.15) is 40.5 Å². The van der Waals surface area contributed by atoms with E-state index in [1.165, 1.54) is 0 Å². The summed E-state index contributed by atoms with van der Waals surface area (Å²) in [6.45, 7) is 9.89. The monoisotopic (exact) mass is 216 g/mol. The van der Waals surface area contributed by atoms with Crippen molar-refractivity contribution in [3.8, 4) is 0 Å². The molecule has 0 saturated heterocycles. The maximum Gasteiger partial charge on any atom is 0.364 e. The molecule has 0 bridgehead atoms. The molecule has 0 rings (SSSR count). The zero-order chi connectivity index (χ0) is 10.9. The molecule has 0 unspecified atom stereocenters. The predicted molar refractivity (Wildman–Crippen MR) is 63.5 cm³/mol. The molecule has 14 heavy (non-hydrogen) atoms. The quantitative estimate of drug-likeness (QED) is 0.579. The molecule has 3 heteroatoms. The summed E-state index contributed by atoms with van der Waals surface area (Å²) in [5, 5.41) is 0. The fourth-order valence-corrected chi connectivity index (χ4v) is 4.50. The van der Waals surface area contributed by atoms with Crippen LogP contribution in [0.5, 0.6) is 0 Å². The van der Waals surface area contributed by atoms with Gasteiger partial charge >= 0.3 is 8.56 Å². The largest absolute Gasteiger partial charge is 0.392 e. The number of allylic oxidation sites excluding steroid dienone is 1. The van der Waals surface area contributed by atoms with E-state index in [4.69, 9.17) is 8.85 Å². The SMILES string of the molecule is CCC=C[Si](CCC)(OCC)OCC. The highest BCUT2D eigenvalue weighted by Gasteiger charge is 2.32. The Hall–Kier alpha value is -0.123. The molecule has 2 nitrogen and oxygen atoms in total. The minimum absolute atomic E-state index is 0.750. The molecule has 0 aromatic rings. The number of hydrogen-bond donors (Lipinski definition) is 0. The van der Waals surface area contributed by atoms with Crippen molar-refractivity contribution < 1.29 is 8.85 Å². The van der Waals surface area contributed by atoms with E-state index in [1.54, 1.807) is 0 Å². The average Bonchev–Trinajstić information content (AvgIpc) is 2.16. The summed E-state index contributed by atoms with van der Waals surface area (Å²) < 4.78 is 11.7. The molecule has 0 aliphatic heterocycles. The molecule has 0 atom stereocenters. The van der Waals surface area contributed by atoms with E-state index < -0.39 is 8.56 Å². The van der Waals surface area contributed by atoms with Gasteiger partial charge in [0, 0.05) is 13.2 Å². The Morgan fingerprint density at radius 2 is 1.57 bits per heavy atom. The van der Waals surface area contributed by atoms with Crippen LogP contribution in [0.2, 0.25) is 6.04 Å². The average molecular weight is 216 g/mol. The Balaban J connectivity index is 4.45. The smallest absolute Gasteiger partial charge is 0.364 e. The lowest BCUT2D eigenvalue weighted by Gasteiger charge is -2.26. The topological polar surface area (TPSA) is 18.5 Å². The minimum Gasteiger partial charge on any atom is -0.392 e. The molecule has 0 N–H and O–H groups in total. The highest BCUT2D eigenvalue weighted by molar-refractivity contribution is 6.72. The lowest BCUT2D eigenvalue weighted by Crippen LogP contribution is -2.40. The molecular weight excluding hydrogens is 192 g/mol. The fourth-order valence-electron chi connectivity index (χ4n) is 1.50. The fraction of sp³-hybridized carbons (Fsp3) is 0.818. The molecule has 0 amide bonds. The summed E-state index contributed by atoms with van der Waals surface area (Å²) in [6.07, 6.45) is 4.35. The predicted octanol–water partition coefficient (Wildman–Crippen LogP) is 3.42. The molecule has 0 fully saturated rings. The van der Waals surface area contributed by atoms with Crippen molar-refractivity contribution in [3.63, 3.8) is 0 Å². The van der Waals surface area contributed by atoms with Gasteiger partial charge in [-0.05, 0) is 32.0 Å². The van der Waals surface area contributed by atoms with Gasteiger partial charge in [-0.3, -0.25) is 0 Å². The van der Waals surface area contributed by atoms with Crippen molar-refractivity contribution in [1.29, 1.82) is 0 Å². The van der Waals surface area contributed by atoms with Crippen molar-refractivity contribution in [2.75, 3.05) is 13.2 Å². The highest BCUT2D eigenvalue weighted by Crippen LogP contribution is 2.18. The third-order valence-electron chi connectivity index (χ3n) is 1.98. The summed E-state index contributed by atoms with van der Waals surface area (Å²) in [7, 11) is -2.00. The molecule has 84 valence electrons. The van der Waals surface area contributed by atoms with Crippen LogP contribution >= 0.6 is 0 Å². The van der Waals surface area contributed by atoms with Crippen molar-refractivity contribution in [2.24, 2.45) is 0 Å². The summed E-state index contributed by atoms with van der Waals surface area (Å²) >= 11 is 0. The van der Waals surface area contributed by atoms with Crippen LogP contribution in [0, 0.1) is 0 Å². The van der Waals surface area contributed by atoms with E-state index in [9.17, 15) is 0 Å². The van der Waals surface area contributed by atoms with Crippen molar-refractivity contribution in [3.05, 3.63) is 11.8 Å². The Morgan fingerprint density at radius 3 is 1.93 bits per heavy atom. The first-order valence-corrected chi connectivity index (χ1v) is 7.80. The van der Waals surface area contributed by atoms with Gasteiger partial charge in [0.05, 0.1) is 0 Å². The van der Waals surface area contributed by atoms with Crippen LogP contribution in [0.25, 0.3) is 0 Å². The lowest BCUT2D eigenvalue weighted by molar-refractivity contribution is 0.194. The molecule has 0 heterocycles. The molecule has 0 spiro atoms. The molecule has 0 radical (unpaired) electrons. The minimum atomic E-state index is -2.00. The summed E-state index contributed by atoms with van der Waals surface area (Å²) in [4.78, 5) is 0. The van der Waals surface area contributed by atoms with Crippen LogP contribution in [0.3, 0.4) is 0 Å².